The number of aryl methyl sites for hydroxylation is 1. The molecule has 0 aliphatic carbocycles. The molecule has 27 heavy (non-hydrogen) atoms. The van der Waals surface area contributed by atoms with E-state index < -0.39 is 0 Å². The highest BCUT2D eigenvalue weighted by Gasteiger charge is 2.15. The molecule has 0 radical (unpaired) electrons. The summed E-state index contributed by atoms with van der Waals surface area (Å²) in [6, 6.07) is 10.9. The van der Waals surface area contributed by atoms with Crippen molar-refractivity contribution in [2.75, 3.05) is 7.11 Å². The first-order chi connectivity index (χ1) is 13.1. The molecule has 6 nitrogen and oxygen atoms in total. The van der Waals surface area contributed by atoms with Gasteiger partial charge in [-0.3, -0.25) is 0 Å². The fraction of sp³-hybridized carbons (Fsp3) is 0.105. The normalized spacial score (nSPS) is 11.0. The molecule has 2 heterocycles. The van der Waals surface area contributed by atoms with E-state index in [1.165, 1.54) is 6.33 Å². The molecule has 0 fully saturated rings. The third-order valence-electron chi connectivity index (χ3n) is 4.00. The average Bonchev–Trinajstić information content (AvgIpc) is 3.10. The molecule has 0 amide bonds. The molecule has 0 spiro atoms. The van der Waals surface area contributed by atoms with Crippen LogP contribution in [-0.2, 0) is 0 Å². The second-order valence-electron chi connectivity index (χ2n) is 5.83. The molecular weight excluding hydrogens is 387 g/mol. The van der Waals surface area contributed by atoms with Crippen molar-refractivity contribution in [3.8, 4) is 23.1 Å². The Morgan fingerprint density at radius 3 is 2.59 bits per heavy atom. The number of ether oxygens (including phenoxy) is 2. The monoisotopic (exact) mass is 400 g/mol. The maximum absolute atomic E-state index is 6.12. The molecule has 136 valence electrons. The molecule has 0 saturated heterocycles. The van der Waals surface area contributed by atoms with Crippen LogP contribution in [0.4, 0.5) is 0 Å². The van der Waals surface area contributed by atoms with Crippen molar-refractivity contribution >= 4 is 34.2 Å². The average molecular weight is 401 g/mol. The molecule has 0 bridgehead atoms. The van der Waals surface area contributed by atoms with E-state index in [1.54, 1.807) is 30.1 Å². The third-order valence-corrected chi connectivity index (χ3v) is 4.74. The van der Waals surface area contributed by atoms with Gasteiger partial charge >= 0.3 is 0 Å². The molecular formula is C19H14Cl2N4O2. The highest BCUT2D eigenvalue weighted by Crippen LogP contribution is 2.34. The predicted octanol–water partition coefficient (Wildman–Crippen LogP) is 5.23. The number of halogens is 2. The van der Waals surface area contributed by atoms with Crippen molar-refractivity contribution < 1.29 is 9.47 Å². The topological polar surface area (TPSA) is 62.1 Å². The lowest BCUT2D eigenvalue weighted by Gasteiger charge is -2.10. The van der Waals surface area contributed by atoms with Crippen LogP contribution >= 0.6 is 23.2 Å². The van der Waals surface area contributed by atoms with E-state index in [1.807, 2.05) is 31.2 Å². The van der Waals surface area contributed by atoms with Crippen molar-refractivity contribution in [3.05, 3.63) is 64.5 Å². The van der Waals surface area contributed by atoms with E-state index in [4.69, 9.17) is 32.7 Å². The second kappa shape index (κ2) is 7.06. The van der Waals surface area contributed by atoms with Crippen LogP contribution in [0.3, 0.4) is 0 Å². The van der Waals surface area contributed by atoms with Crippen molar-refractivity contribution in [1.29, 1.82) is 0 Å². The Morgan fingerprint density at radius 1 is 0.963 bits per heavy atom. The van der Waals surface area contributed by atoms with Crippen LogP contribution in [0.25, 0.3) is 16.7 Å². The van der Waals surface area contributed by atoms with Gasteiger partial charge in [0.2, 0.25) is 5.88 Å². The number of hydrogen-bond donors (Lipinski definition) is 0. The lowest BCUT2D eigenvalue weighted by Crippen LogP contribution is -1.99. The highest BCUT2D eigenvalue weighted by molar-refractivity contribution is 6.42. The van der Waals surface area contributed by atoms with Crippen LogP contribution in [0.1, 0.15) is 5.56 Å². The summed E-state index contributed by atoms with van der Waals surface area (Å²) in [4.78, 5) is 8.58. The molecule has 0 unspecified atom stereocenters. The SMILES string of the molecule is COc1cc(C)ccc1Oc1ncnc2c1cnn2-c1ccc(Cl)c(Cl)c1. The van der Waals surface area contributed by atoms with Crippen LogP contribution in [0.2, 0.25) is 10.0 Å². The van der Waals surface area contributed by atoms with E-state index in [9.17, 15) is 0 Å². The number of rotatable bonds is 4. The zero-order valence-electron chi connectivity index (χ0n) is 14.5. The van der Waals surface area contributed by atoms with E-state index in [0.717, 1.165) is 11.3 Å². The minimum atomic E-state index is 0.383. The summed E-state index contributed by atoms with van der Waals surface area (Å²) in [7, 11) is 1.60. The van der Waals surface area contributed by atoms with Crippen molar-refractivity contribution in [2.45, 2.75) is 6.92 Å². The summed E-state index contributed by atoms with van der Waals surface area (Å²) in [5, 5.41) is 5.97. The minimum Gasteiger partial charge on any atom is -0.493 e. The van der Waals surface area contributed by atoms with Crippen LogP contribution in [-0.4, -0.2) is 26.9 Å². The second-order valence-corrected chi connectivity index (χ2v) is 6.64. The fourth-order valence-electron chi connectivity index (χ4n) is 2.67. The summed E-state index contributed by atoms with van der Waals surface area (Å²) in [6.07, 6.45) is 3.07. The lowest BCUT2D eigenvalue weighted by molar-refractivity contribution is 0.375. The summed E-state index contributed by atoms with van der Waals surface area (Å²) >= 11 is 12.1. The summed E-state index contributed by atoms with van der Waals surface area (Å²) < 4.78 is 13.0. The van der Waals surface area contributed by atoms with Crippen LogP contribution in [0.15, 0.2) is 48.9 Å². The number of hydrogen-bond acceptors (Lipinski definition) is 5. The quantitative estimate of drug-likeness (QED) is 0.469. The number of benzene rings is 2. The smallest absolute Gasteiger partial charge is 0.233 e. The Bertz CT molecular complexity index is 1140. The first-order valence-corrected chi connectivity index (χ1v) is 8.79. The van der Waals surface area contributed by atoms with Crippen LogP contribution in [0, 0.1) is 6.92 Å². The summed E-state index contributed by atoms with van der Waals surface area (Å²) in [5.41, 5.74) is 2.39. The van der Waals surface area contributed by atoms with Gasteiger partial charge in [-0.15, -0.1) is 0 Å². The van der Waals surface area contributed by atoms with Crippen LogP contribution < -0.4 is 9.47 Å². The van der Waals surface area contributed by atoms with E-state index >= 15 is 0 Å². The van der Waals surface area contributed by atoms with Gasteiger partial charge in [-0.05, 0) is 42.8 Å². The van der Waals surface area contributed by atoms with Gasteiger partial charge in [-0.25, -0.2) is 14.6 Å². The van der Waals surface area contributed by atoms with E-state index in [2.05, 4.69) is 15.1 Å². The summed E-state index contributed by atoms with van der Waals surface area (Å²) in [5.74, 6) is 1.57. The molecule has 0 aliphatic heterocycles. The maximum Gasteiger partial charge on any atom is 0.233 e. The largest absolute Gasteiger partial charge is 0.493 e. The third kappa shape index (κ3) is 3.29. The first-order valence-electron chi connectivity index (χ1n) is 8.03. The Morgan fingerprint density at radius 2 is 1.81 bits per heavy atom. The molecule has 0 atom stereocenters. The standard InChI is InChI=1S/C19H14Cl2N4O2/c1-11-3-6-16(17(7-11)26-2)27-19-13-9-24-25(18(13)22-10-23-19)12-4-5-14(20)15(21)8-12/h3-10H,1-2H3. The molecule has 4 aromatic rings. The molecule has 0 saturated carbocycles. The Balaban J connectivity index is 1.78. The van der Waals surface area contributed by atoms with Gasteiger partial charge < -0.3 is 9.47 Å². The Labute approximate surface area is 165 Å². The minimum absolute atomic E-state index is 0.383. The number of nitrogens with zero attached hydrogens (tertiary/aromatic N) is 4. The van der Waals surface area contributed by atoms with Gasteiger partial charge in [0.1, 0.15) is 11.7 Å². The zero-order chi connectivity index (χ0) is 19.0. The van der Waals surface area contributed by atoms with E-state index in [0.29, 0.717) is 38.5 Å². The van der Waals surface area contributed by atoms with Gasteiger partial charge in [0.25, 0.3) is 0 Å². The van der Waals surface area contributed by atoms with Crippen molar-refractivity contribution in [1.82, 2.24) is 19.7 Å². The van der Waals surface area contributed by atoms with Gasteiger partial charge in [-0.1, -0.05) is 29.3 Å². The van der Waals surface area contributed by atoms with Gasteiger partial charge in [0, 0.05) is 0 Å². The Hall–Kier alpha value is -2.83. The molecule has 0 N–H and O–H groups in total. The molecule has 4 rings (SSSR count). The molecule has 2 aromatic carbocycles. The van der Waals surface area contributed by atoms with Gasteiger partial charge in [0.05, 0.1) is 29.0 Å². The molecule has 8 heteroatoms. The predicted molar refractivity (Wildman–Crippen MR) is 104 cm³/mol. The Kier molecular flexibility index (Phi) is 4.59. The highest BCUT2D eigenvalue weighted by atomic mass is 35.5. The number of fused-ring (bicyclic) bond motifs is 1. The fourth-order valence-corrected chi connectivity index (χ4v) is 2.97. The zero-order valence-corrected chi connectivity index (χ0v) is 16.0. The number of methoxy groups -OCH3 is 1. The molecule has 0 aliphatic rings. The van der Waals surface area contributed by atoms with Crippen molar-refractivity contribution in [2.24, 2.45) is 0 Å². The van der Waals surface area contributed by atoms with Crippen molar-refractivity contribution in [3.63, 3.8) is 0 Å². The van der Waals surface area contributed by atoms with Gasteiger partial charge in [-0.2, -0.15) is 5.10 Å². The van der Waals surface area contributed by atoms with Gasteiger partial charge in [0.15, 0.2) is 17.1 Å². The van der Waals surface area contributed by atoms with E-state index in [-0.39, 0.29) is 0 Å². The molecule has 2 aromatic heterocycles. The van der Waals surface area contributed by atoms with Crippen LogP contribution in [0.5, 0.6) is 17.4 Å². The first kappa shape index (κ1) is 17.6. The maximum atomic E-state index is 6.12. The number of aromatic nitrogens is 4. The summed E-state index contributed by atoms with van der Waals surface area (Å²) in [6.45, 7) is 1.98. The lowest BCUT2D eigenvalue weighted by atomic mass is 10.2.